The first-order chi connectivity index (χ1) is 13.2. The molecular weight excluding hydrogens is 338 g/mol. The zero-order chi connectivity index (χ0) is 18.6. The second kappa shape index (κ2) is 7.33. The molecule has 2 aromatic carbocycles. The molecule has 134 valence electrons. The summed E-state index contributed by atoms with van der Waals surface area (Å²) in [7, 11) is 0. The standard InChI is InChI=1S/C22H19N3O2/c1-16-8-5-6-12-20(16)25-21(17-9-3-2-4-10-17)19(15-24-25)22(26)23-14-18-11-7-13-27-18/h2-13,15H,14H2,1H3,(H,23,26). The number of rotatable bonds is 5. The first-order valence-corrected chi connectivity index (χ1v) is 8.74. The number of nitrogens with one attached hydrogen (secondary N) is 1. The monoisotopic (exact) mass is 357 g/mol. The molecule has 27 heavy (non-hydrogen) atoms. The van der Waals surface area contributed by atoms with E-state index in [9.17, 15) is 4.79 Å². The number of nitrogens with zero attached hydrogens (tertiary/aromatic N) is 2. The van der Waals surface area contributed by atoms with E-state index in [0.717, 1.165) is 22.5 Å². The number of carbonyl (C=O) groups excluding carboxylic acids is 1. The van der Waals surface area contributed by atoms with Gasteiger partial charge >= 0.3 is 0 Å². The quantitative estimate of drug-likeness (QED) is 0.577. The molecule has 0 saturated carbocycles. The molecule has 4 rings (SSSR count). The molecule has 4 aromatic rings. The fraction of sp³-hybridized carbons (Fsp3) is 0.0909. The third kappa shape index (κ3) is 3.40. The molecule has 2 heterocycles. The van der Waals surface area contributed by atoms with Gasteiger partial charge < -0.3 is 9.73 Å². The van der Waals surface area contributed by atoms with Gasteiger partial charge in [-0.05, 0) is 30.7 Å². The van der Waals surface area contributed by atoms with E-state index >= 15 is 0 Å². The lowest BCUT2D eigenvalue weighted by molar-refractivity contribution is 0.0948. The predicted octanol–water partition coefficient (Wildman–Crippen LogP) is 4.37. The number of aryl methyl sites for hydroxylation is 1. The van der Waals surface area contributed by atoms with Gasteiger partial charge in [-0.25, -0.2) is 4.68 Å². The Hall–Kier alpha value is -3.60. The lowest BCUT2D eigenvalue weighted by Gasteiger charge is -2.12. The molecule has 0 atom stereocenters. The number of amides is 1. The molecule has 0 bridgehead atoms. The molecule has 0 saturated heterocycles. The van der Waals surface area contributed by atoms with E-state index < -0.39 is 0 Å². The van der Waals surface area contributed by atoms with E-state index in [1.807, 2.05) is 72.3 Å². The van der Waals surface area contributed by atoms with Crippen LogP contribution in [0.15, 0.2) is 83.6 Å². The van der Waals surface area contributed by atoms with Gasteiger partial charge in [0.05, 0.1) is 35.9 Å². The summed E-state index contributed by atoms with van der Waals surface area (Å²) >= 11 is 0. The molecule has 1 N–H and O–H groups in total. The third-order valence-corrected chi connectivity index (χ3v) is 4.41. The first-order valence-electron chi connectivity index (χ1n) is 8.74. The average molecular weight is 357 g/mol. The molecule has 5 nitrogen and oxygen atoms in total. The lowest BCUT2D eigenvalue weighted by Crippen LogP contribution is -2.23. The van der Waals surface area contributed by atoms with Gasteiger partial charge in [-0.1, -0.05) is 48.5 Å². The fourth-order valence-electron chi connectivity index (χ4n) is 3.05. The number of benzene rings is 2. The van der Waals surface area contributed by atoms with Crippen LogP contribution >= 0.6 is 0 Å². The van der Waals surface area contributed by atoms with Gasteiger partial charge in [-0.2, -0.15) is 5.10 Å². The van der Waals surface area contributed by atoms with Crippen LogP contribution in [-0.2, 0) is 6.54 Å². The summed E-state index contributed by atoms with van der Waals surface area (Å²) in [5.74, 6) is 0.515. The van der Waals surface area contributed by atoms with Crippen molar-refractivity contribution in [2.45, 2.75) is 13.5 Å². The maximum Gasteiger partial charge on any atom is 0.255 e. The number of para-hydroxylation sites is 1. The van der Waals surface area contributed by atoms with Gasteiger partial charge in [0, 0.05) is 5.56 Å². The molecule has 1 amide bonds. The second-order valence-electron chi connectivity index (χ2n) is 6.23. The van der Waals surface area contributed by atoms with Crippen LogP contribution in [0.2, 0.25) is 0 Å². The van der Waals surface area contributed by atoms with Crippen molar-refractivity contribution in [3.8, 4) is 16.9 Å². The van der Waals surface area contributed by atoms with Crippen molar-refractivity contribution in [3.05, 3.63) is 96.1 Å². The van der Waals surface area contributed by atoms with Crippen molar-refractivity contribution in [3.63, 3.8) is 0 Å². The number of hydrogen-bond donors (Lipinski definition) is 1. The summed E-state index contributed by atoms with van der Waals surface area (Å²) in [5.41, 5.74) is 4.25. The van der Waals surface area contributed by atoms with Crippen molar-refractivity contribution in [2.75, 3.05) is 0 Å². The molecule has 0 aliphatic carbocycles. The van der Waals surface area contributed by atoms with Crippen molar-refractivity contribution in [2.24, 2.45) is 0 Å². The summed E-state index contributed by atoms with van der Waals surface area (Å²) in [4.78, 5) is 12.9. The summed E-state index contributed by atoms with van der Waals surface area (Å²) in [5, 5.41) is 7.43. The zero-order valence-electron chi connectivity index (χ0n) is 14.9. The maximum atomic E-state index is 12.9. The van der Waals surface area contributed by atoms with Crippen LogP contribution in [-0.4, -0.2) is 15.7 Å². The Morgan fingerprint density at radius 2 is 1.81 bits per heavy atom. The van der Waals surface area contributed by atoms with Crippen LogP contribution in [0.3, 0.4) is 0 Å². The Labute approximate surface area is 157 Å². The predicted molar refractivity (Wildman–Crippen MR) is 104 cm³/mol. The number of hydrogen-bond acceptors (Lipinski definition) is 3. The summed E-state index contributed by atoms with van der Waals surface area (Å²) in [6, 6.07) is 21.4. The Morgan fingerprint density at radius 3 is 2.56 bits per heavy atom. The van der Waals surface area contributed by atoms with Crippen LogP contribution in [0.5, 0.6) is 0 Å². The minimum absolute atomic E-state index is 0.190. The summed E-state index contributed by atoms with van der Waals surface area (Å²) in [6.45, 7) is 2.36. The molecule has 5 heteroatoms. The van der Waals surface area contributed by atoms with Crippen LogP contribution < -0.4 is 5.32 Å². The van der Waals surface area contributed by atoms with E-state index in [1.165, 1.54) is 0 Å². The van der Waals surface area contributed by atoms with Crippen LogP contribution in [0.4, 0.5) is 0 Å². The van der Waals surface area contributed by atoms with E-state index in [1.54, 1.807) is 18.5 Å². The highest BCUT2D eigenvalue weighted by molar-refractivity contribution is 6.00. The molecule has 0 spiro atoms. The van der Waals surface area contributed by atoms with Crippen molar-refractivity contribution in [1.29, 1.82) is 0 Å². The fourth-order valence-corrected chi connectivity index (χ4v) is 3.05. The highest BCUT2D eigenvalue weighted by Crippen LogP contribution is 2.28. The molecule has 0 aliphatic rings. The van der Waals surface area contributed by atoms with Gasteiger partial charge in [0.25, 0.3) is 5.91 Å². The molecule has 0 fully saturated rings. The highest BCUT2D eigenvalue weighted by atomic mass is 16.3. The van der Waals surface area contributed by atoms with Crippen molar-refractivity contribution < 1.29 is 9.21 Å². The normalized spacial score (nSPS) is 10.7. The molecule has 0 unspecified atom stereocenters. The minimum atomic E-state index is -0.190. The molecular formula is C22H19N3O2. The highest BCUT2D eigenvalue weighted by Gasteiger charge is 2.20. The molecule has 2 aromatic heterocycles. The van der Waals surface area contributed by atoms with Gasteiger partial charge in [0.2, 0.25) is 0 Å². The summed E-state index contributed by atoms with van der Waals surface area (Å²) < 4.78 is 7.12. The number of carbonyl (C=O) groups is 1. The largest absolute Gasteiger partial charge is 0.467 e. The number of aromatic nitrogens is 2. The van der Waals surface area contributed by atoms with Crippen LogP contribution in [0, 0.1) is 6.92 Å². The Kier molecular flexibility index (Phi) is 4.58. The third-order valence-electron chi connectivity index (χ3n) is 4.41. The van der Waals surface area contributed by atoms with Crippen LogP contribution in [0.1, 0.15) is 21.7 Å². The molecule has 0 aliphatic heterocycles. The lowest BCUT2D eigenvalue weighted by atomic mass is 10.1. The minimum Gasteiger partial charge on any atom is -0.467 e. The van der Waals surface area contributed by atoms with Crippen LogP contribution in [0.25, 0.3) is 16.9 Å². The Balaban J connectivity index is 1.76. The molecule has 0 radical (unpaired) electrons. The number of furan rings is 1. The average Bonchev–Trinajstić information content (AvgIpc) is 3.37. The van der Waals surface area contributed by atoms with Gasteiger partial charge in [-0.15, -0.1) is 0 Å². The van der Waals surface area contributed by atoms with Crippen molar-refractivity contribution in [1.82, 2.24) is 15.1 Å². The van der Waals surface area contributed by atoms with E-state index in [-0.39, 0.29) is 5.91 Å². The SMILES string of the molecule is Cc1ccccc1-n1ncc(C(=O)NCc2ccco2)c1-c1ccccc1. The zero-order valence-corrected chi connectivity index (χ0v) is 14.9. The van der Waals surface area contributed by atoms with Gasteiger partial charge in [-0.3, -0.25) is 4.79 Å². The van der Waals surface area contributed by atoms with E-state index in [4.69, 9.17) is 4.42 Å². The van der Waals surface area contributed by atoms with E-state index in [2.05, 4.69) is 10.4 Å². The Bertz CT molecular complexity index is 1050. The maximum absolute atomic E-state index is 12.9. The summed E-state index contributed by atoms with van der Waals surface area (Å²) in [6.07, 6.45) is 3.21. The smallest absolute Gasteiger partial charge is 0.255 e. The van der Waals surface area contributed by atoms with Gasteiger partial charge in [0.15, 0.2) is 0 Å². The topological polar surface area (TPSA) is 60.1 Å². The first kappa shape index (κ1) is 16.8. The van der Waals surface area contributed by atoms with E-state index in [0.29, 0.717) is 17.9 Å². The Morgan fingerprint density at radius 1 is 1.04 bits per heavy atom. The van der Waals surface area contributed by atoms with Crippen molar-refractivity contribution >= 4 is 5.91 Å². The van der Waals surface area contributed by atoms with Gasteiger partial charge in [0.1, 0.15) is 5.76 Å². The second-order valence-corrected chi connectivity index (χ2v) is 6.23.